The van der Waals surface area contributed by atoms with Crippen molar-refractivity contribution in [3.63, 3.8) is 0 Å². The van der Waals surface area contributed by atoms with Crippen molar-refractivity contribution in [3.05, 3.63) is 77.4 Å². The number of amides is 1. The fraction of sp³-hybridized carbons (Fsp3) is 0.393. The van der Waals surface area contributed by atoms with Crippen molar-refractivity contribution in [2.75, 3.05) is 20.1 Å². The lowest BCUT2D eigenvalue weighted by atomic mass is 9.76. The zero-order valence-corrected chi connectivity index (χ0v) is 20.5. The number of ether oxygens (including phenoxy) is 1. The highest BCUT2D eigenvalue weighted by molar-refractivity contribution is 5.90. The average Bonchev–Trinajstić information content (AvgIpc) is 3.60. The molecular formula is C28H31N5O2. The van der Waals surface area contributed by atoms with Gasteiger partial charge < -0.3 is 19.5 Å². The standard InChI is InChI=1S/C28H31N5O2/c1-4-27(12-14-32(2)26(27)34)21-7-5-8-23(15-21)35-24-16-22(10-9-20(24)17-29)28(11-6-13-31-28)25-18-30-19-33(25)3/h5,7-10,15-16,18-19,31H,4,6,11-14H2,1-3H3. The van der Waals surface area contributed by atoms with Gasteiger partial charge in [-0.15, -0.1) is 0 Å². The van der Waals surface area contributed by atoms with Crippen LogP contribution in [0, 0.1) is 11.3 Å². The van der Waals surface area contributed by atoms with Crippen molar-refractivity contribution >= 4 is 5.91 Å². The Morgan fingerprint density at radius 2 is 2.03 bits per heavy atom. The first kappa shape index (κ1) is 23.1. The van der Waals surface area contributed by atoms with Crippen LogP contribution in [-0.4, -0.2) is 40.5 Å². The number of likely N-dealkylation sites (tertiary alicyclic amines) is 1. The topological polar surface area (TPSA) is 83.2 Å². The quantitative estimate of drug-likeness (QED) is 0.584. The molecule has 2 atom stereocenters. The summed E-state index contributed by atoms with van der Waals surface area (Å²) in [6.45, 7) is 3.72. The molecule has 2 unspecified atom stereocenters. The van der Waals surface area contributed by atoms with Crippen LogP contribution in [0.1, 0.15) is 55.0 Å². The number of carbonyl (C=O) groups is 1. The Morgan fingerprint density at radius 1 is 1.17 bits per heavy atom. The van der Waals surface area contributed by atoms with Crippen LogP contribution in [0.3, 0.4) is 0 Å². The first-order valence-corrected chi connectivity index (χ1v) is 12.2. The van der Waals surface area contributed by atoms with Crippen molar-refractivity contribution in [3.8, 4) is 17.6 Å². The molecule has 2 aliphatic rings. The number of benzene rings is 2. The van der Waals surface area contributed by atoms with Gasteiger partial charge in [0.05, 0.1) is 34.7 Å². The molecule has 2 aromatic carbocycles. The number of hydrogen-bond donors (Lipinski definition) is 1. The van der Waals surface area contributed by atoms with Gasteiger partial charge in [-0.25, -0.2) is 4.98 Å². The first-order valence-electron chi connectivity index (χ1n) is 12.2. The lowest BCUT2D eigenvalue weighted by Crippen LogP contribution is -2.39. The molecule has 5 rings (SSSR count). The van der Waals surface area contributed by atoms with E-state index in [4.69, 9.17) is 4.74 Å². The van der Waals surface area contributed by atoms with Gasteiger partial charge in [-0.3, -0.25) is 4.79 Å². The second-order valence-corrected chi connectivity index (χ2v) is 9.69. The van der Waals surface area contributed by atoms with Gasteiger partial charge in [0.25, 0.3) is 0 Å². The highest BCUT2D eigenvalue weighted by Crippen LogP contribution is 2.42. The molecule has 0 spiro atoms. The van der Waals surface area contributed by atoms with E-state index in [1.165, 1.54) is 0 Å². The van der Waals surface area contributed by atoms with Crippen LogP contribution in [0.2, 0.25) is 0 Å². The van der Waals surface area contributed by atoms with Crippen molar-refractivity contribution in [2.24, 2.45) is 7.05 Å². The predicted octanol–water partition coefficient (Wildman–Crippen LogP) is 4.22. The maximum atomic E-state index is 13.0. The van der Waals surface area contributed by atoms with E-state index >= 15 is 0 Å². The monoisotopic (exact) mass is 469 g/mol. The second kappa shape index (κ2) is 8.86. The van der Waals surface area contributed by atoms with E-state index in [2.05, 4.69) is 23.3 Å². The van der Waals surface area contributed by atoms with Crippen molar-refractivity contribution < 1.29 is 9.53 Å². The molecule has 0 radical (unpaired) electrons. The van der Waals surface area contributed by atoms with Crippen molar-refractivity contribution in [1.29, 1.82) is 5.26 Å². The first-order chi connectivity index (χ1) is 16.9. The highest BCUT2D eigenvalue weighted by Gasteiger charge is 2.45. The molecule has 2 fully saturated rings. The summed E-state index contributed by atoms with van der Waals surface area (Å²) in [5.41, 5.74) is 2.66. The fourth-order valence-corrected chi connectivity index (χ4v) is 5.81. The lowest BCUT2D eigenvalue weighted by Gasteiger charge is -2.31. The van der Waals surface area contributed by atoms with Crippen LogP contribution in [0.25, 0.3) is 0 Å². The highest BCUT2D eigenvalue weighted by atomic mass is 16.5. The third-order valence-electron chi connectivity index (χ3n) is 7.85. The van der Waals surface area contributed by atoms with Crippen LogP contribution < -0.4 is 10.1 Å². The van der Waals surface area contributed by atoms with Crippen LogP contribution in [-0.2, 0) is 22.8 Å². The van der Waals surface area contributed by atoms with Gasteiger partial charge in [0.15, 0.2) is 0 Å². The molecule has 0 aliphatic carbocycles. The van der Waals surface area contributed by atoms with Crippen LogP contribution in [0.4, 0.5) is 0 Å². The molecule has 1 amide bonds. The van der Waals surface area contributed by atoms with Gasteiger partial charge in [0, 0.05) is 20.6 Å². The summed E-state index contributed by atoms with van der Waals surface area (Å²) >= 11 is 0. The number of rotatable bonds is 6. The van der Waals surface area contributed by atoms with E-state index in [1.54, 1.807) is 4.90 Å². The normalized spacial score (nSPS) is 24.1. The van der Waals surface area contributed by atoms with Gasteiger partial charge in [-0.2, -0.15) is 5.26 Å². The van der Waals surface area contributed by atoms with Gasteiger partial charge in [0.1, 0.15) is 17.6 Å². The Bertz CT molecular complexity index is 1300. The molecule has 7 nitrogen and oxygen atoms in total. The van der Waals surface area contributed by atoms with Crippen LogP contribution in [0.5, 0.6) is 11.5 Å². The largest absolute Gasteiger partial charge is 0.456 e. The Labute approximate surface area is 206 Å². The number of carbonyl (C=O) groups excluding carboxylic acids is 1. The third kappa shape index (κ3) is 3.69. The third-order valence-corrected chi connectivity index (χ3v) is 7.85. The minimum Gasteiger partial charge on any atom is -0.456 e. The summed E-state index contributed by atoms with van der Waals surface area (Å²) in [4.78, 5) is 19.2. The van der Waals surface area contributed by atoms with Gasteiger partial charge in [-0.05, 0) is 67.6 Å². The van der Waals surface area contributed by atoms with Crippen molar-refractivity contribution in [2.45, 2.75) is 43.6 Å². The van der Waals surface area contributed by atoms with Crippen LogP contribution in [0.15, 0.2) is 55.0 Å². The predicted molar refractivity (Wildman–Crippen MR) is 133 cm³/mol. The smallest absolute Gasteiger partial charge is 0.233 e. The van der Waals surface area contributed by atoms with E-state index in [0.717, 1.165) is 55.6 Å². The Kier molecular flexibility index (Phi) is 5.86. The number of nitriles is 1. The molecule has 2 saturated heterocycles. The molecule has 35 heavy (non-hydrogen) atoms. The number of hydrogen-bond acceptors (Lipinski definition) is 5. The number of imidazole rings is 1. The van der Waals surface area contributed by atoms with E-state index < -0.39 is 5.41 Å². The van der Waals surface area contributed by atoms with Gasteiger partial charge in [-0.1, -0.05) is 25.1 Å². The maximum absolute atomic E-state index is 13.0. The summed E-state index contributed by atoms with van der Waals surface area (Å²) in [7, 11) is 3.86. The maximum Gasteiger partial charge on any atom is 0.233 e. The second-order valence-electron chi connectivity index (χ2n) is 9.69. The molecule has 0 saturated carbocycles. The van der Waals surface area contributed by atoms with E-state index in [0.29, 0.717) is 17.1 Å². The number of nitrogens with zero attached hydrogens (tertiary/aromatic N) is 4. The summed E-state index contributed by atoms with van der Waals surface area (Å²) < 4.78 is 8.39. The van der Waals surface area contributed by atoms with Crippen molar-refractivity contribution in [1.82, 2.24) is 19.8 Å². The summed E-state index contributed by atoms with van der Waals surface area (Å²) in [5.74, 6) is 1.29. The Morgan fingerprint density at radius 3 is 2.66 bits per heavy atom. The molecule has 0 bridgehead atoms. The van der Waals surface area contributed by atoms with E-state index in [9.17, 15) is 10.1 Å². The molecule has 3 aromatic rings. The molecular weight excluding hydrogens is 438 g/mol. The number of aryl methyl sites for hydroxylation is 1. The van der Waals surface area contributed by atoms with Crippen LogP contribution >= 0.6 is 0 Å². The number of aromatic nitrogens is 2. The zero-order chi connectivity index (χ0) is 24.6. The Balaban J connectivity index is 1.53. The van der Waals surface area contributed by atoms with Gasteiger partial charge in [0.2, 0.25) is 5.91 Å². The fourth-order valence-electron chi connectivity index (χ4n) is 5.81. The number of likely N-dealkylation sites (N-methyl/N-ethyl adjacent to an activating group) is 1. The molecule has 2 aliphatic heterocycles. The van der Waals surface area contributed by atoms with E-state index in [-0.39, 0.29) is 11.4 Å². The zero-order valence-electron chi connectivity index (χ0n) is 20.5. The molecule has 1 aromatic heterocycles. The molecule has 7 heteroatoms. The Hall–Kier alpha value is -3.63. The summed E-state index contributed by atoms with van der Waals surface area (Å²) in [6.07, 6.45) is 7.22. The van der Waals surface area contributed by atoms with Gasteiger partial charge >= 0.3 is 0 Å². The molecule has 180 valence electrons. The minimum absolute atomic E-state index is 0.155. The van der Waals surface area contributed by atoms with E-state index in [1.807, 2.05) is 73.7 Å². The number of nitrogens with one attached hydrogen (secondary N) is 1. The molecule has 1 N–H and O–H groups in total. The lowest BCUT2D eigenvalue weighted by molar-refractivity contribution is -0.131. The SMILES string of the molecule is CCC1(c2cccc(Oc3cc(C4(c5cncn5C)CCCN4)ccc3C#N)c2)CCN(C)C1=O. The summed E-state index contributed by atoms with van der Waals surface area (Å²) in [6, 6.07) is 15.9. The average molecular weight is 470 g/mol. The molecule has 3 heterocycles. The summed E-state index contributed by atoms with van der Waals surface area (Å²) in [5, 5.41) is 13.5. The minimum atomic E-state index is -0.522.